The molecular formula is C13H17FO2. The largest absolute Gasteiger partial charge is 0.381 e. The van der Waals surface area contributed by atoms with Crippen molar-refractivity contribution in [3.05, 3.63) is 35.1 Å². The Morgan fingerprint density at radius 3 is 2.81 bits per heavy atom. The third-order valence-electron chi connectivity index (χ3n) is 2.42. The molecule has 0 aliphatic carbocycles. The van der Waals surface area contributed by atoms with Gasteiger partial charge in [-0.1, -0.05) is 6.07 Å². The molecule has 3 heteroatoms. The standard InChI is InChI=1S/C13H17FO2/c1-3-16-7-6-13(15)9-11-4-5-12(14)8-10(11)2/h4-5,8H,3,6-7,9H2,1-2H3. The summed E-state index contributed by atoms with van der Waals surface area (Å²) in [5.74, 6) is -0.133. The normalized spacial score (nSPS) is 10.4. The number of carbonyl (C=O) groups excluding carboxylic acids is 1. The highest BCUT2D eigenvalue weighted by molar-refractivity contribution is 5.81. The van der Waals surface area contributed by atoms with Crippen LogP contribution in [0.2, 0.25) is 0 Å². The van der Waals surface area contributed by atoms with Gasteiger partial charge in [-0.3, -0.25) is 4.79 Å². The number of ketones is 1. The Morgan fingerprint density at radius 2 is 2.19 bits per heavy atom. The summed E-state index contributed by atoms with van der Waals surface area (Å²) in [7, 11) is 0. The van der Waals surface area contributed by atoms with Crippen molar-refractivity contribution in [1.82, 2.24) is 0 Å². The lowest BCUT2D eigenvalue weighted by Crippen LogP contribution is -2.08. The third-order valence-corrected chi connectivity index (χ3v) is 2.42. The second-order valence-corrected chi connectivity index (χ2v) is 3.73. The van der Waals surface area contributed by atoms with Gasteiger partial charge in [0.2, 0.25) is 0 Å². The highest BCUT2D eigenvalue weighted by Crippen LogP contribution is 2.11. The van der Waals surface area contributed by atoms with Gasteiger partial charge in [-0.2, -0.15) is 0 Å². The molecule has 0 atom stereocenters. The molecule has 1 rings (SSSR count). The smallest absolute Gasteiger partial charge is 0.139 e. The molecule has 0 radical (unpaired) electrons. The van der Waals surface area contributed by atoms with Gasteiger partial charge in [0.25, 0.3) is 0 Å². The van der Waals surface area contributed by atoms with Crippen LogP contribution in [0.1, 0.15) is 24.5 Å². The van der Waals surface area contributed by atoms with Gasteiger partial charge in [-0.15, -0.1) is 0 Å². The molecule has 0 spiro atoms. The van der Waals surface area contributed by atoms with E-state index in [1.165, 1.54) is 12.1 Å². The predicted molar refractivity (Wildman–Crippen MR) is 61.0 cm³/mol. The number of rotatable bonds is 6. The van der Waals surface area contributed by atoms with Crippen molar-refractivity contribution in [2.75, 3.05) is 13.2 Å². The molecule has 0 amide bonds. The third kappa shape index (κ3) is 4.11. The average molecular weight is 224 g/mol. The van der Waals surface area contributed by atoms with Crippen molar-refractivity contribution < 1.29 is 13.9 Å². The SMILES string of the molecule is CCOCCC(=O)Cc1ccc(F)cc1C. The number of hydrogen-bond acceptors (Lipinski definition) is 2. The Kier molecular flexibility index (Phi) is 5.12. The fourth-order valence-corrected chi connectivity index (χ4v) is 1.49. The van der Waals surface area contributed by atoms with Crippen LogP contribution in [0.25, 0.3) is 0 Å². The molecule has 0 bridgehead atoms. The minimum absolute atomic E-state index is 0.128. The minimum Gasteiger partial charge on any atom is -0.381 e. The van der Waals surface area contributed by atoms with Gasteiger partial charge in [-0.05, 0) is 37.1 Å². The average Bonchev–Trinajstić information content (AvgIpc) is 2.23. The van der Waals surface area contributed by atoms with Crippen LogP contribution in [0.4, 0.5) is 4.39 Å². The topological polar surface area (TPSA) is 26.3 Å². The summed E-state index contributed by atoms with van der Waals surface area (Å²) in [4.78, 5) is 11.6. The Balaban J connectivity index is 2.49. The quantitative estimate of drug-likeness (QED) is 0.694. The molecule has 0 unspecified atom stereocenters. The monoisotopic (exact) mass is 224 g/mol. The summed E-state index contributed by atoms with van der Waals surface area (Å²) in [5, 5.41) is 0. The van der Waals surface area contributed by atoms with Crippen LogP contribution in [0.5, 0.6) is 0 Å². The molecule has 16 heavy (non-hydrogen) atoms. The van der Waals surface area contributed by atoms with E-state index in [9.17, 15) is 9.18 Å². The van der Waals surface area contributed by atoms with Crippen LogP contribution in [0, 0.1) is 12.7 Å². The van der Waals surface area contributed by atoms with Crippen molar-refractivity contribution in [2.45, 2.75) is 26.7 Å². The maximum absolute atomic E-state index is 12.8. The van der Waals surface area contributed by atoms with E-state index in [0.29, 0.717) is 26.1 Å². The van der Waals surface area contributed by atoms with Gasteiger partial charge >= 0.3 is 0 Å². The molecule has 0 saturated heterocycles. The fourth-order valence-electron chi connectivity index (χ4n) is 1.49. The van der Waals surface area contributed by atoms with Crippen molar-refractivity contribution in [2.24, 2.45) is 0 Å². The van der Waals surface area contributed by atoms with Crippen molar-refractivity contribution in [3.8, 4) is 0 Å². The van der Waals surface area contributed by atoms with Crippen molar-refractivity contribution in [1.29, 1.82) is 0 Å². The maximum Gasteiger partial charge on any atom is 0.139 e. The second-order valence-electron chi connectivity index (χ2n) is 3.73. The fraction of sp³-hybridized carbons (Fsp3) is 0.462. The summed E-state index contributed by atoms with van der Waals surface area (Å²) in [5.41, 5.74) is 1.72. The molecule has 1 aromatic carbocycles. The first-order valence-electron chi connectivity index (χ1n) is 5.48. The summed E-state index contributed by atoms with van der Waals surface area (Å²) in [6, 6.07) is 4.51. The van der Waals surface area contributed by atoms with Crippen molar-refractivity contribution >= 4 is 5.78 Å². The Labute approximate surface area is 95.4 Å². The summed E-state index contributed by atoms with van der Waals surface area (Å²) in [6.45, 7) is 4.81. The Morgan fingerprint density at radius 1 is 1.44 bits per heavy atom. The minimum atomic E-state index is -0.261. The van der Waals surface area contributed by atoms with Gasteiger partial charge < -0.3 is 4.74 Å². The number of Topliss-reactive ketones (excluding diaryl/α,β-unsaturated/α-hetero) is 1. The van der Waals surface area contributed by atoms with Gasteiger partial charge in [0, 0.05) is 19.4 Å². The van der Waals surface area contributed by atoms with E-state index in [4.69, 9.17) is 4.74 Å². The molecule has 0 fully saturated rings. The summed E-state index contributed by atoms with van der Waals surface area (Å²) in [6.07, 6.45) is 0.782. The second kappa shape index (κ2) is 6.38. The maximum atomic E-state index is 12.8. The van der Waals surface area contributed by atoms with E-state index in [2.05, 4.69) is 0 Å². The van der Waals surface area contributed by atoms with Gasteiger partial charge in [0.1, 0.15) is 11.6 Å². The van der Waals surface area contributed by atoms with Crippen LogP contribution in [-0.2, 0) is 16.0 Å². The van der Waals surface area contributed by atoms with Crippen LogP contribution >= 0.6 is 0 Å². The molecular weight excluding hydrogens is 207 g/mol. The van der Waals surface area contributed by atoms with E-state index >= 15 is 0 Å². The van der Waals surface area contributed by atoms with Crippen molar-refractivity contribution in [3.63, 3.8) is 0 Å². The van der Waals surface area contributed by atoms with Crippen LogP contribution in [0.15, 0.2) is 18.2 Å². The number of carbonyl (C=O) groups is 1. The highest BCUT2D eigenvalue weighted by Gasteiger charge is 2.06. The molecule has 2 nitrogen and oxygen atoms in total. The zero-order valence-electron chi connectivity index (χ0n) is 9.75. The molecule has 0 aliphatic heterocycles. The summed E-state index contributed by atoms with van der Waals surface area (Å²) < 4.78 is 17.9. The molecule has 0 N–H and O–H groups in total. The van der Waals surface area contributed by atoms with Gasteiger partial charge in [0.15, 0.2) is 0 Å². The predicted octanol–water partition coefficient (Wildman–Crippen LogP) is 2.67. The first-order chi connectivity index (χ1) is 7.63. The zero-order chi connectivity index (χ0) is 12.0. The molecule has 1 aromatic rings. The lowest BCUT2D eigenvalue weighted by molar-refractivity contribution is -0.119. The molecule has 0 heterocycles. The van der Waals surface area contributed by atoms with E-state index < -0.39 is 0 Å². The number of ether oxygens (including phenoxy) is 1. The van der Waals surface area contributed by atoms with E-state index in [0.717, 1.165) is 11.1 Å². The molecule has 0 saturated carbocycles. The molecule has 0 aliphatic rings. The molecule has 0 aromatic heterocycles. The highest BCUT2D eigenvalue weighted by atomic mass is 19.1. The lowest BCUT2D eigenvalue weighted by Gasteiger charge is -2.05. The Bertz CT molecular complexity index is 361. The number of hydrogen-bond donors (Lipinski definition) is 0. The van der Waals surface area contributed by atoms with Crippen LogP contribution in [0.3, 0.4) is 0 Å². The van der Waals surface area contributed by atoms with E-state index in [1.807, 2.05) is 13.8 Å². The van der Waals surface area contributed by atoms with Crippen LogP contribution < -0.4 is 0 Å². The first-order valence-corrected chi connectivity index (χ1v) is 5.48. The lowest BCUT2D eigenvalue weighted by atomic mass is 10.0. The first kappa shape index (κ1) is 12.8. The number of aryl methyl sites for hydroxylation is 1. The van der Waals surface area contributed by atoms with Gasteiger partial charge in [-0.25, -0.2) is 4.39 Å². The van der Waals surface area contributed by atoms with Crippen LogP contribution in [-0.4, -0.2) is 19.0 Å². The number of halogens is 1. The zero-order valence-corrected chi connectivity index (χ0v) is 9.75. The van der Waals surface area contributed by atoms with E-state index in [-0.39, 0.29) is 11.6 Å². The Hall–Kier alpha value is -1.22. The molecule has 88 valence electrons. The van der Waals surface area contributed by atoms with Gasteiger partial charge in [0.05, 0.1) is 6.61 Å². The summed E-state index contributed by atoms with van der Waals surface area (Å²) >= 11 is 0. The van der Waals surface area contributed by atoms with E-state index in [1.54, 1.807) is 6.07 Å². The number of benzene rings is 1.